The lowest BCUT2D eigenvalue weighted by Gasteiger charge is -2.01. The van der Waals surface area contributed by atoms with Gasteiger partial charge in [-0.1, -0.05) is 19.0 Å². The summed E-state index contributed by atoms with van der Waals surface area (Å²) < 4.78 is 20.4. The Balaban J connectivity index is 1.94. The highest BCUT2D eigenvalue weighted by molar-refractivity contribution is 5.80. The minimum Gasteiger partial charge on any atom is -0.338 e. The highest BCUT2D eigenvalue weighted by atomic mass is 19.1. The van der Waals surface area contributed by atoms with Crippen molar-refractivity contribution in [3.63, 3.8) is 0 Å². The van der Waals surface area contributed by atoms with Crippen LogP contribution in [0.5, 0.6) is 0 Å². The predicted octanol–water partition coefficient (Wildman–Crippen LogP) is 3.34. The van der Waals surface area contributed by atoms with Crippen LogP contribution in [0.2, 0.25) is 0 Å². The van der Waals surface area contributed by atoms with Crippen molar-refractivity contribution in [2.24, 2.45) is 0 Å². The highest BCUT2D eigenvalue weighted by Gasteiger charge is 2.11. The zero-order valence-electron chi connectivity index (χ0n) is 10.8. The number of halogens is 1. The van der Waals surface area contributed by atoms with Crippen LogP contribution < -0.4 is 0 Å². The molecule has 2 aromatic heterocycles. The molecule has 0 fully saturated rings. The van der Waals surface area contributed by atoms with Crippen LogP contribution in [0.3, 0.4) is 0 Å². The molecule has 1 aromatic carbocycles. The molecule has 0 N–H and O–H groups in total. The summed E-state index contributed by atoms with van der Waals surface area (Å²) in [7, 11) is 0. The van der Waals surface area contributed by atoms with Crippen molar-refractivity contribution < 1.29 is 8.91 Å². The maximum atomic E-state index is 13.3. The van der Waals surface area contributed by atoms with E-state index in [0.717, 1.165) is 10.9 Å². The summed E-state index contributed by atoms with van der Waals surface area (Å²) in [6.07, 6.45) is 1.89. The van der Waals surface area contributed by atoms with E-state index in [1.807, 2.05) is 30.7 Å². The molecular formula is C14H14FN3O. The molecule has 0 bridgehead atoms. The van der Waals surface area contributed by atoms with Gasteiger partial charge in [-0.05, 0) is 29.7 Å². The SMILES string of the molecule is CC(C)c1noc(Cn2ccc3ccc(F)cc32)n1. The molecule has 0 unspecified atom stereocenters. The van der Waals surface area contributed by atoms with Crippen LogP contribution >= 0.6 is 0 Å². The predicted molar refractivity (Wildman–Crippen MR) is 69.4 cm³/mol. The van der Waals surface area contributed by atoms with Gasteiger partial charge in [0.25, 0.3) is 0 Å². The number of aromatic nitrogens is 3. The Bertz CT molecular complexity index is 714. The second-order valence-electron chi connectivity index (χ2n) is 4.85. The maximum absolute atomic E-state index is 13.3. The summed E-state index contributed by atoms with van der Waals surface area (Å²) in [5, 5.41) is 4.91. The smallest absolute Gasteiger partial charge is 0.246 e. The summed E-state index contributed by atoms with van der Waals surface area (Å²) in [4.78, 5) is 4.32. The zero-order valence-corrected chi connectivity index (χ0v) is 10.8. The first-order valence-corrected chi connectivity index (χ1v) is 6.20. The van der Waals surface area contributed by atoms with Crippen molar-refractivity contribution in [3.05, 3.63) is 48.0 Å². The third kappa shape index (κ3) is 2.23. The van der Waals surface area contributed by atoms with Gasteiger partial charge in [-0.25, -0.2) is 4.39 Å². The molecule has 0 atom stereocenters. The summed E-state index contributed by atoms with van der Waals surface area (Å²) in [6.45, 7) is 4.47. The molecule has 2 heterocycles. The number of nitrogens with zero attached hydrogens (tertiary/aromatic N) is 3. The first-order chi connectivity index (χ1) is 9.13. The summed E-state index contributed by atoms with van der Waals surface area (Å²) >= 11 is 0. The number of fused-ring (bicyclic) bond motifs is 1. The molecule has 0 aliphatic heterocycles. The standard InChI is InChI=1S/C14H14FN3O/c1-9(2)14-16-13(19-17-14)8-18-6-5-10-3-4-11(15)7-12(10)18/h3-7,9H,8H2,1-2H3. The average Bonchev–Trinajstić information content (AvgIpc) is 2.98. The van der Waals surface area contributed by atoms with Crippen LogP contribution in [-0.4, -0.2) is 14.7 Å². The Kier molecular flexibility index (Phi) is 2.81. The van der Waals surface area contributed by atoms with Gasteiger partial charge in [0, 0.05) is 12.1 Å². The first kappa shape index (κ1) is 11.9. The fourth-order valence-electron chi connectivity index (χ4n) is 2.01. The normalized spacial score (nSPS) is 11.6. The Morgan fingerprint density at radius 1 is 1.32 bits per heavy atom. The summed E-state index contributed by atoms with van der Waals surface area (Å²) in [5.41, 5.74) is 0.823. The molecule has 19 heavy (non-hydrogen) atoms. The molecule has 5 heteroatoms. The summed E-state index contributed by atoms with van der Waals surface area (Å²) in [6, 6.07) is 6.66. The van der Waals surface area contributed by atoms with E-state index in [1.165, 1.54) is 12.1 Å². The molecule has 3 rings (SSSR count). The van der Waals surface area contributed by atoms with Gasteiger partial charge in [0.05, 0.1) is 5.52 Å². The van der Waals surface area contributed by atoms with Crippen molar-refractivity contribution in [1.29, 1.82) is 0 Å². The van der Waals surface area contributed by atoms with E-state index in [2.05, 4.69) is 10.1 Å². The number of hydrogen-bond acceptors (Lipinski definition) is 3. The highest BCUT2D eigenvalue weighted by Crippen LogP contribution is 2.18. The second kappa shape index (κ2) is 4.50. The quantitative estimate of drug-likeness (QED) is 0.724. The molecule has 0 aliphatic carbocycles. The number of benzene rings is 1. The fraction of sp³-hybridized carbons (Fsp3) is 0.286. The topological polar surface area (TPSA) is 43.9 Å². The second-order valence-corrected chi connectivity index (χ2v) is 4.85. The fourth-order valence-corrected chi connectivity index (χ4v) is 2.01. The average molecular weight is 259 g/mol. The molecule has 0 aliphatic rings. The van der Waals surface area contributed by atoms with Crippen molar-refractivity contribution in [2.45, 2.75) is 26.3 Å². The van der Waals surface area contributed by atoms with Crippen molar-refractivity contribution in [1.82, 2.24) is 14.7 Å². The van der Waals surface area contributed by atoms with Gasteiger partial charge in [-0.3, -0.25) is 0 Å². The van der Waals surface area contributed by atoms with Gasteiger partial charge in [0.1, 0.15) is 12.4 Å². The van der Waals surface area contributed by atoms with Crippen LogP contribution in [0.25, 0.3) is 10.9 Å². The first-order valence-electron chi connectivity index (χ1n) is 6.20. The summed E-state index contributed by atoms with van der Waals surface area (Å²) in [5.74, 6) is 1.21. The van der Waals surface area contributed by atoms with Crippen molar-refractivity contribution in [3.8, 4) is 0 Å². The van der Waals surface area contributed by atoms with Gasteiger partial charge in [-0.15, -0.1) is 0 Å². The zero-order chi connectivity index (χ0) is 13.4. The van der Waals surface area contributed by atoms with Gasteiger partial charge < -0.3 is 9.09 Å². The maximum Gasteiger partial charge on any atom is 0.246 e. The lowest BCUT2D eigenvalue weighted by atomic mass is 10.2. The molecule has 0 radical (unpaired) electrons. The van der Waals surface area contributed by atoms with Gasteiger partial charge in [-0.2, -0.15) is 4.98 Å². The third-order valence-electron chi connectivity index (χ3n) is 3.04. The minimum absolute atomic E-state index is 0.233. The van der Waals surface area contributed by atoms with Crippen LogP contribution in [0.4, 0.5) is 4.39 Å². The molecule has 0 saturated heterocycles. The van der Waals surface area contributed by atoms with Crippen LogP contribution in [-0.2, 0) is 6.54 Å². The van der Waals surface area contributed by atoms with Crippen LogP contribution in [0.1, 0.15) is 31.5 Å². The Labute approximate surface area is 109 Å². The van der Waals surface area contributed by atoms with Gasteiger partial charge in [0.15, 0.2) is 5.82 Å². The largest absolute Gasteiger partial charge is 0.338 e. The molecule has 0 amide bonds. The van der Waals surface area contributed by atoms with Crippen LogP contribution in [0, 0.1) is 5.82 Å². The van der Waals surface area contributed by atoms with Crippen LogP contribution in [0.15, 0.2) is 35.0 Å². The Morgan fingerprint density at radius 3 is 2.89 bits per heavy atom. The lowest BCUT2D eigenvalue weighted by Crippen LogP contribution is -1.99. The molecule has 3 aromatic rings. The Hall–Kier alpha value is -2.17. The minimum atomic E-state index is -0.249. The van der Waals surface area contributed by atoms with E-state index >= 15 is 0 Å². The van der Waals surface area contributed by atoms with E-state index in [9.17, 15) is 4.39 Å². The van der Waals surface area contributed by atoms with Gasteiger partial charge >= 0.3 is 0 Å². The van der Waals surface area contributed by atoms with E-state index in [4.69, 9.17) is 4.52 Å². The van der Waals surface area contributed by atoms with E-state index in [-0.39, 0.29) is 11.7 Å². The van der Waals surface area contributed by atoms with E-state index < -0.39 is 0 Å². The van der Waals surface area contributed by atoms with Crippen molar-refractivity contribution in [2.75, 3.05) is 0 Å². The third-order valence-corrected chi connectivity index (χ3v) is 3.04. The molecular weight excluding hydrogens is 245 g/mol. The number of hydrogen-bond donors (Lipinski definition) is 0. The van der Waals surface area contributed by atoms with E-state index in [0.29, 0.717) is 18.3 Å². The monoisotopic (exact) mass is 259 g/mol. The molecule has 0 saturated carbocycles. The molecule has 0 spiro atoms. The molecule has 98 valence electrons. The van der Waals surface area contributed by atoms with E-state index in [1.54, 1.807) is 6.07 Å². The molecule has 4 nitrogen and oxygen atoms in total. The lowest BCUT2D eigenvalue weighted by molar-refractivity contribution is 0.366. The Morgan fingerprint density at radius 2 is 2.16 bits per heavy atom. The van der Waals surface area contributed by atoms with Gasteiger partial charge in [0.2, 0.25) is 5.89 Å². The van der Waals surface area contributed by atoms with Crippen molar-refractivity contribution >= 4 is 10.9 Å². The number of rotatable bonds is 3.